The van der Waals surface area contributed by atoms with Gasteiger partial charge in [-0.15, -0.1) is 0 Å². The van der Waals surface area contributed by atoms with Crippen LogP contribution in [0.5, 0.6) is 0 Å². The van der Waals surface area contributed by atoms with E-state index in [9.17, 15) is 14.9 Å². The van der Waals surface area contributed by atoms with E-state index in [2.05, 4.69) is 5.32 Å². The molecule has 0 saturated heterocycles. The van der Waals surface area contributed by atoms with E-state index in [4.69, 9.17) is 4.74 Å². The highest BCUT2D eigenvalue weighted by Gasteiger charge is 2.27. The van der Waals surface area contributed by atoms with Crippen LogP contribution < -0.4 is 10.9 Å². The maximum Gasteiger partial charge on any atom is 0.270 e. The molecule has 7 heteroatoms. The lowest BCUT2D eigenvalue weighted by Crippen LogP contribution is -2.30. The summed E-state index contributed by atoms with van der Waals surface area (Å²) in [5, 5.41) is 15.1. The van der Waals surface area contributed by atoms with Crippen LogP contribution in [0, 0.1) is 10.1 Å². The van der Waals surface area contributed by atoms with Gasteiger partial charge in [0.25, 0.3) is 11.2 Å². The molecule has 1 heterocycles. The van der Waals surface area contributed by atoms with Gasteiger partial charge in [0.2, 0.25) is 0 Å². The second kappa shape index (κ2) is 6.00. The van der Waals surface area contributed by atoms with Crippen LogP contribution in [-0.4, -0.2) is 28.7 Å². The van der Waals surface area contributed by atoms with Crippen LogP contribution in [0.25, 0.3) is 10.9 Å². The number of non-ortho nitro benzene ring substituents is 1. The zero-order valence-corrected chi connectivity index (χ0v) is 13.1. The fraction of sp³-hybridized carbons (Fsp3) is 0.438. The fourth-order valence-corrected chi connectivity index (χ4v) is 3.25. The minimum Gasteiger partial charge on any atom is -0.379 e. The number of aryl methyl sites for hydroxylation is 1. The van der Waals surface area contributed by atoms with E-state index < -0.39 is 4.92 Å². The maximum atomic E-state index is 12.2. The Morgan fingerprint density at radius 2 is 2.13 bits per heavy atom. The molecule has 1 fully saturated rings. The summed E-state index contributed by atoms with van der Waals surface area (Å²) < 4.78 is 6.96. The number of hydrogen-bond donors (Lipinski definition) is 1. The smallest absolute Gasteiger partial charge is 0.270 e. The number of nitrogens with one attached hydrogen (secondary N) is 1. The molecular formula is C16H19N3O4. The second-order valence-electron chi connectivity index (χ2n) is 5.87. The van der Waals surface area contributed by atoms with Crippen LogP contribution in [0.15, 0.2) is 29.1 Å². The molecule has 0 aliphatic heterocycles. The number of nitrogens with zero attached hydrogens (tertiary/aromatic N) is 2. The largest absolute Gasteiger partial charge is 0.379 e. The quantitative estimate of drug-likeness (QED) is 0.691. The minimum atomic E-state index is -0.429. The van der Waals surface area contributed by atoms with Crippen LogP contribution in [0.2, 0.25) is 0 Å². The third-order valence-electron chi connectivity index (χ3n) is 4.54. The number of rotatable bonds is 4. The summed E-state index contributed by atoms with van der Waals surface area (Å²) >= 11 is 0. The molecule has 1 aliphatic carbocycles. The summed E-state index contributed by atoms with van der Waals surface area (Å²) in [6, 6.07) is 6.14. The van der Waals surface area contributed by atoms with Crippen LogP contribution in [0.3, 0.4) is 0 Å². The van der Waals surface area contributed by atoms with Gasteiger partial charge < -0.3 is 14.6 Å². The highest BCUT2D eigenvalue weighted by molar-refractivity contribution is 5.93. The predicted octanol–water partition coefficient (Wildman–Crippen LogP) is 2.43. The number of aromatic nitrogens is 1. The van der Waals surface area contributed by atoms with E-state index in [0.29, 0.717) is 16.6 Å². The third-order valence-corrected chi connectivity index (χ3v) is 4.54. The Hall–Kier alpha value is -2.41. The molecule has 23 heavy (non-hydrogen) atoms. The average Bonchev–Trinajstić information content (AvgIpc) is 2.99. The first-order valence-corrected chi connectivity index (χ1v) is 7.59. The van der Waals surface area contributed by atoms with Crippen molar-refractivity contribution in [1.29, 1.82) is 0 Å². The number of nitro benzene ring substituents is 1. The molecule has 1 saturated carbocycles. The fourth-order valence-electron chi connectivity index (χ4n) is 3.25. The number of fused-ring (bicyclic) bond motifs is 1. The molecule has 1 aromatic carbocycles. The monoisotopic (exact) mass is 317 g/mol. The molecule has 1 N–H and O–H groups in total. The highest BCUT2D eigenvalue weighted by Crippen LogP contribution is 2.30. The molecule has 122 valence electrons. The Morgan fingerprint density at radius 1 is 1.35 bits per heavy atom. The summed E-state index contributed by atoms with van der Waals surface area (Å²) in [5.41, 5.74) is 1.15. The number of anilines is 1. The van der Waals surface area contributed by atoms with Crippen molar-refractivity contribution in [3.63, 3.8) is 0 Å². The molecule has 0 amide bonds. The highest BCUT2D eigenvalue weighted by atomic mass is 16.6. The van der Waals surface area contributed by atoms with E-state index >= 15 is 0 Å². The number of nitro groups is 1. The first-order valence-electron chi connectivity index (χ1n) is 7.59. The standard InChI is InChI=1S/C16H19N3O4/c1-18-14-7-6-10(19(21)22)8-11(14)13(9-16(18)20)17-12-4-3-5-15(12)23-2/h6-9,12,15,17H,3-5H2,1-2H3/t12-,15+/m0/s1. The molecule has 0 spiro atoms. The van der Waals surface area contributed by atoms with Gasteiger partial charge in [0.1, 0.15) is 0 Å². The third kappa shape index (κ3) is 2.79. The van der Waals surface area contributed by atoms with Gasteiger partial charge in [-0.3, -0.25) is 14.9 Å². The first-order chi connectivity index (χ1) is 11.0. The van der Waals surface area contributed by atoms with Crippen molar-refractivity contribution in [2.75, 3.05) is 12.4 Å². The van der Waals surface area contributed by atoms with Crippen molar-refractivity contribution in [2.45, 2.75) is 31.4 Å². The molecule has 0 bridgehead atoms. The Morgan fingerprint density at radius 3 is 2.83 bits per heavy atom. The van der Waals surface area contributed by atoms with Gasteiger partial charge in [-0.2, -0.15) is 0 Å². The van der Waals surface area contributed by atoms with Gasteiger partial charge in [0.15, 0.2) is 0 Å². The Bertz CT molecular complexity index is 815. The first kappa shape index (κ1) is 15.5. The van der Waals surface area contributed by atoms with Crippen molar-refractivity contribution in [3.05, 3.63) is 44.7 Å². The summed E-state index contributed by atoms with van der Waals surface area (Å²) in [4.78, 5) is 22.8. The number of ether oxygens (including phenoxy) is 1. The van der Waals surface area contributed by atoms with Crippen LogP contribution in [0.4, 0.5) is 11.4 Å². The number of methoxy groups -OCH3 is 1. The lowest BCUT2D eigenvalue weighted by atomic mass is 10.1. The summed E-state index contributed by atoms with van der Waals surface area (Å²) in [6.07, 6.45) is 3.06. The topological polar surface area (TPSA) is 86.4 Å². The molecule has 2 atom stereocenters. The summed E-state index contributed by atoms with van der Waals surface area (Å²) in [6.45, 7) is 0. The summed E-state index contributed by atoms with van der Waals surface area (Å²) in [5.74, 6) is 0. The molecular weight excluding hydrogens is 298 g/mol. The van der Waals surface area contributed by atoms with Crippen molar-refractivity contribution < 1.29 is 9.66 Å². The average molecular weight is 317 g/mol. The van der Waals surface area contributed by atoms with E-state index in [0.717, 1.165) is 19.3 Å². The maximum absolute atomic E-state index is 12.2. The lowest BCUT2D eigenvalue weighted by Gasteiger charge is -2.22. The van der Waals surface area contributed by atoms with Gasteiger partial charge >= 0.3 is 0 Å². The van der Waals surface area contributed by atoms with Gasteiger partial charge in [0, 0.05) is 43.4 Å². The van der Waals surface area contributed by atoms with Crippen molar-refractivity contribution >= 4 is 22.3 Å². The second-order valence-corrected chi connectivity index (χ2v) is 5.87. The molecule has 0 unspecified atom stereocenters. The van der Waals surface area contributed by atoms with Crippen LogP contribution >= 0.6 is 0 Å². The molecule has 2 aromatic rings. The Labute approximate surface area is 133 Å². The lowest BCUT2D eigenvalue weighted by molar-refractivity contribution is -0.384. The Kier molecular flexibility index (Phi) is 4.04. The number of pyridine rings is 1. The number of hydrogen-bond acceptors (Lipinski definition) is 5. The summed E-state index contributed by atoms with van der Waals surface area (Å²) in [7, 11) is 3.34. The van der Waals surface area contributed by atoms with Gasteiger partial charge in [-0.1, -0.05) is 0 Å². The van der Waals surface area contributed by atoms with E-state index in [1.807, 2.05) is 0 Å². The van der Waals surface area contributed by atoms with Gasteiger partial charge in [-0.25, -0.2) is 0 Å². The molecule has 3 rings (SSSR count). The van der Waals surface area contributed by atoms with E-state index in [1.165, 1.54) is 22.8 Å². The SMILES string of the molecule is CO[C@@H]1CCC[C@@H]1Nc1cc(=O)n(C)c2ccc([N+](=O)[O-])cc12. The van der Waals surface area contributed by atoms with Crippen LogP contribution in [0.1, 0.15) is 19.3 Å². The molecule has 7 nitrogen and oxygen atoms in total. The predicted molar refractivity (Wildman–Crippen MR) is 87.9 cm³/mol. The molecule has 1 aliphatic rings. The normalized spacial score (nSPS) is 20.8. The molecule has 0 radical (unpaired) electrons. The van der Waals surface area contributed by atoms with E-state index in [-0.39, 0.29) is 23.4 Å². The van der Waals surface area contributed by atoms with Crippen molar-refractivity contribution in [2.24, 2.45) is 7.05 Å². The minimum absolute atomic E-state index is 0.00825. The van der Waals surface area contributed by atoms with Gasteiger partial charge in [-0.05, 0) is 25.3 Å². The number of benzene rings is 1. The zero-order chi connectivity index (χ0) is 16.6. The van der Waals surface area contributed by atoms with Crippen LogP contribution in [-0.2, 0) is 11.8 Å². The van der Waals surface area contributed by atoms with Gasteiger partial charge in [0.05, 0.1) is 22.6 Å². The Balaban J connectivity index is 2.11. The van der Waals surface area contributed by atoms with E-state index in [1.54, 1.807) is 20.2 Å². The van der Waals surface area contributed by atoms with Crippen molar-refractivity contribution in [1.82, 2.24) is 4.57 Å². The zero-order valence-electron chi connectivity index (χ0n) is 13.1. The molecule has 1 aromatic heterocycles. The van der Waals surface area contributed by atoms with Crippen molar-refractivity contribution in [3.8, 4) is 0 Å².